The number of carbonyl (C=O) groups is 1. The Bertz CT molecular complexity index is 569. The van der Waals surface area contributed by atoms with E-state index in [2.05, 4.69) is 4.72 Å². The lowest BCUT2D eigenvalue weighted by atomic mass is 9.85. The van der Waals surface area contributed by atoms with Crippen LogP contribution in [-0.4, -0.2) is 30.6 Å². The van der Waals surface area contributed by atoms with Crippen LogP contribution in [0.1, 0.15) is 27.2 Å². The van der Waals surface area contributed by atoms with Gasteiger partial charge in [0.15, 0.2) is 0 Å². The quantitative estimate of drug-likeness (QED) is 0.832. The van der Waals surface area contributed by atoms with Gasteiger partial charge in [-0.15, -0.1) is 0 Å². The van der Waals surface area contributed by atoms with Crippen molar-refractivity contribution in [2.24, 2.45) is 18.4 Å². The number of rotatable bonds is 6. The van der Waals surface area contributed by atoms with Crippen LogP contribution in [0, 0.1) is 11.3 Å². The van der Waals surface area contributed by atoms with Gasteiger partial charge in [-0.3, -0.25) is 4.79 Å². The minimum atomic E-state index is -3.66. The predicted octanol–water partition coefficient (Wildman–Crippen LogP) is 1.44. The molecular formula is C13H22N2O4S. The summed E-state index contributed by atoms with van der Waals surface area (Å²) in [6, 6.07) is 1.47. The van der Waals surface area contributed by atoms with Crippen molar-refractivity contribution in [3.8, 4) is 0 Å². The highest BCUT2D eigenvalue weighted by Gasteiger charge is 2.26. The van der Waals surface area contributed by atoms with Gasteiger partial charge in [-0.25, -0.2) is 13.1 Å². The fourth-order valence-corrected chi connectivity index (χ4v) is 3.05. The van der Waals surface area contributed by atoms with E-state index in [1.807, 2.05) is 20.8 Å². The third-order valence-corrected chi connectivity index (χ3v) is 4.25. The third-order valence-electron chi connectivity index (χ3n) is 2.84. The maximum absolute atomic E-state index is 12.0. The predicted molar refractivity (Wildman–Crippen MR) is 75.8 cm³/mol. The normalized spacial score (nSPS) is 14.2. The molecule has 0 fully saturated rings. The number of carboxylic acid groups (broad SMARTS) is 1. The molecule has 1 aromatic heterocycles. The zero-order chi connectivity index (χ0) is 15.6. The van der Waals surface area contributed by atoms with E-state index in [0.717, 1.165) is 0 Å². The fraction of sp³-hybridized carbons (Fsp3) is 0.615. The molecule has 0 spiro atoms. The van der Waals surface area contributed by atoms with E-state index < -0.39 is 21.9 Å². The van der Waals surface area contributed by atoms with Crippen molar-refractivity contribution in [1.29, 1.82) is 0 Å². The van der Waals surface area contributed by atoms with E-state index in [-0.39, 0.29) is 16.9 Å². The van der Waals surface area contributed by atoms with E-state index >= 15 is 0 Å². The molecule has 0 bridgehead atoms. The molecule has 0 aliphatic heterocycles. The zero-order valence-corrected chi connectivity index (χ0v) is 13.1. The van der Waals surface area contributed by atoms with Crippen LogP contribution in [0.5, 0.6) is 0 Å². The number of nitrogens with one attached hydrogen (secondary N) is 1. The Kier molecular flexibility index (Phi) is 4.99. The molecule has 6 nitrogen and oxygen atoms in total. The standard InChI is InChI=1S/C13H22N2O4S/c1-13(2,3)7-10(12(16)17)8-14-20(18,19)11-5-6-15(4)9-11/h5-6,9-10,14H,7-8H2,1-4H3,(H,16,17). The Balaban J connectivity index is 2.75. The van der Waals surface area contributed by atoms with Gasteiger partial charge in [-0.05, 0) is 17.9 Å². The number of sulfonamides is 1. The molecule has 0 radical (unpaired) electrons. The van der Waals surface area contributed by atoms with Gasteiger partial charge >= 0.3 is 5.97 Å². The van der Waals surface area contributed by atoms with Crippen LogP contribution in [-0.2, 0) is 21.9 Å². The van der Waals surface area contributed by atoms with Gasteiger partial charge in [0.05, 0.1) is 10.8 Å². The van der Waals surface area contributed by atoms with Gasteiger partial charge in [0.2, 0.25) is 10.0 Å². The summed E-state index contributed by atoms with van der Waals surface area (Å²) < 4.78 is 28.0. The molecule has 0 aromatic carbocycles. The summed E-state index contributed by atoms with van der Waals surface area (Å²) in [4.78, 5) is 11.3. The van der Waals surface area contributed by atoms with Crippen LogP contribution in [0.25, 0.3) is 0 Å². The monoisotopic (exact) mass is 302 g/mol. The van der Waals surface area contributed by atoms with Crippen LogP contribution >= 0.6 is 0 Å². The number of carboxylic acids is 1. The molecule has 0 aliphatic rings. The van der Waals surface area contributed by atoms with Crippen molar-refractivity contribution in [2.75, 3.05) is 6.54 Å². The van der Waals surface area contributed by atoms with Crippen molar-refractivity contribution < 1.29 is 18.3 Å². The van der Waals surface area contributed by atoms with Crippen LogP contribution in [0.4, 0.5) is 0 Å². The molecule has 1 atom stereocenters. The zero-order valence-electron chi connectivity index (χ0n) is 12.3. The molecule has 0 aliphatic carbocycles. The van der Waals surface area contributed by atoms with E-state index in [1.54, 1.807) is 17.8 Å². The van der Waals surface area contributed by atoms with Crippen LogP contribution in [0.2, 0.25) is 0 Å². The first-order chi connectivity index (χ1) is 9.01. The summed E-state index contributed by atoms with van der Waals surface area (Å²) in [6.45, 7) is 5.67. The lowest BCUT2D eigenvalue weighted by Gasteiger charge is -2.23. The van der Waals surface area contributed by atoms with Gasteiger partial charge in [0.25, 0.3) is 0 Å². The summed E-state index contributed by atoms with van der Waals surface area (Å²) in [5.74, 6) is -1.73. The maximum atomic E-state index is 12.0. The number of aromatic nitrogens is 1. The molecule has 1 heterocycles. The molecule has 1 unspecified atom stereocenters. The molecule has 2 N–H and O–H groups in total. The van der Waals surface area contributed by atoms with Gasteiger partial charge in [-0.2, -0.15) is 0 Å². The van der Waals surface area contributed by atoms with Crippen molar-refractivity contribution >= 4 is 16.0 Å². The lowest BCUT2D eigenvalue weighted by Crippen LogP contribution is -2.34. The minimum Gasteiger partial charge on any atom is -0.481 e. The highest BCUT2D eigenvalue weighted by atomic mass is 32.2. The molecule has 1 aromatic rings. The Morgan fingerprint density at radius 3 is 2.45 bits per heavy atom. The Hall–Kier alpha value is -1.34. The second-order valence-corrected chi connectivity index (χ2v) is 7.93. The topological polar surface area (TPSA) is 88.4 Å². The molecule has 0 saturated heterocycles. The van der Waals surface area contributed by atoms with Crippen LogP contribution < -0.4 is 4.72 Å². The Labute approximate surface area is 119 Å². The summed E-state index contributed by atoms with van der Waals surface area (Å²) in [5.41, 5.74) is -0.179. The van der Waals surface area contributed by atoms with Crippen molar-refractivity contribution in [3.63, 3.8) is 0 Å². The van der Waals surface area contributed by atoms with Crippen molar-refractivity contribution in [2.45, 2.75) is 32.1 Å². The SMILES string of the molecule is Cn1ccc(S(=O)(=O)NCC(CC(C)(C)C)C(=O)O)c1. The van der Waals surface area contributed by atoms with Crippen LogP contribution in [0.15, 0.2) is 23.4 Å². The van der Waals surface area contributed by atoms with Gasteiger partial charge < -0.3 is 9.67 Å². The molecule has 20 heavy (non-hydrogen) atoms. The number of hydrogen-bond donors (Lipinski definition) is 2. The summed E-state index contributed by atoms with van der Waals surface area (Å²) >= 11 is 0. The Morgan fingerprint density at radius 2 is 2.05 bits per heavy atom. The van der Waals surface area contributed by atoms with E-state index in [1.165, 1.54) is 12.3 Å². The summed E-state index contributed by atoms with van der Waals surface area (Å²) in [5, 5.41) is 9.17. The lowest BCUT2D eigenvalue weighted by molar-refractivity contribution is -0.142. The largest absolute Gasteiger partial charge is 0.481 e. The highest BCUT2D eigenvalue weighted by molar-refractivity contribution is 7.89. The first-order valence-corrected chi connectivity index (χ1v) is 7.84. The summed E-state index contributed by atoms with van der Waals surface area (Å²) in [6.07, 6.45) is 3.50. The van der Waals surface area contributed by atoms with Crippen molar-refractivity contribution in [1.82, 2.24) is 9.29 Å². The van der Waals surface area contributed by atoms with Gasteiger partial charge in [0, 0.05) is 26.0 Å². The van der Waals surface area contributed by atoms with Crippen molar-refractivity contribution in [3.05, 3.63) is 18.5 Å². The number of aryl methyl sites for hydroxylation is 1. The number of aliphatic carboxylic acids is 1. The first kappa shape index (κ1) is 16.7. The van der Waals surface area contributed by atoms with Gasteiger partial charge in [0.1, 0.15) is 0 Å². The van der Waals surface area contributed by atoms with E-state index in [0.29, 0.717) is 6.42 Å². The molecule has 1 rings (SSSR count). The van der Waals surface area contributed by atoms with E-state index in [9.17, 15) is 13.2 Å². The second kappa shape index (κ2) is 5.97. The highest BCUT2D eigenvalue weighted by Crippen LogP contribution is 2.24. The average Bonchev–Trinajstić information content (AvgIpc) is 2.70. The average molecular weight is 302 g/mol. The van der Waals surface area contributed by atoms with Crippen LogP contribution in [0.3, 0.4) is 0 Å². The van der Waals surface area contributed by atoms with Gasteiger partial charge in [-0.1, -0.05) is 20.8 Å². The fourth-order valence-electron chi connectivity index (χ4n) is 1.92. The summed E-state index contributed by atoms with van der Waals surface area (Å²) in [7, 11) is -1.94. The smallest absolute Gasteiger partial charge is 0.307 e. The van der Waals surface area contributed by atoms with E-state index in [4.69, 9.17) is 5.11 Å². The Morgan fingerprint density at radius 1 is 1.45 bits per heavy atom. The second-order valence-electron chi connectivity index (χ2n) is 6.16. The first-order valence-electron chi connectivity index (χ1n) is 6.36. The number of hydrogen-bond acceptors (Lipinski definition) is 3. The third kappa shape index (κ3) is 4.97. The molecule has 0 saturated carbocycles. The molecule has 114 valence electrons. The maximum Gasteiger partial charge on any atom is 0.307 e. The minimum absolute atomic E-state index is 0.107. The molecule has 0 amide bonds. The number of nitrogens with zero attached hydrogens (tertiary/aromatic N) is 1. The molecular weight excluding hydrogens is 280 g/mol. The molecule has 7 heteroatoms.